The Bertz CT molecular complexity index is 2010. The number of phosphoric acid groups is 2. The van der Waals surface area contributed by atoms with Gasteiger partial charge in [-0.25, -0.2) is 9.13 Å². The van der Waals surface area contributed by atoms with E-state index in [9.17, 15) is 43.2 Å². The van der Waals surface area contributed by atoms with Crippen LogP contribution < -0.4 is 0 Å². The van der Waals surface area contributed by atoms with Crippen molar-refractivity contribution in [3.8, 4) is 0 Å². The normalized spacial score (nSPS) is 13.7. The Hall–Kier alpha value is -1.94. The molecule has 0 saturated heterocycles. The van der Waals surface area contributed by atoms with Gasteiger partial charge in [0.25, 0.3) is 0 Å². The third kappa shape index (κ3) is 80.1. The Labute approximate surface area is 651 Å². The van der Waals surface area contributed by atoms with Gasteiger partial charge >= 0.3 is 39.5 Å². The van der Waals surface area contributed by atoms with Gasteiger partial charge in [0.2, 0.25) is 0 Å². The van der Waals surface area contributed by atoms with E-state index in [2.05, 4.69) is 34.6 Å². The number of esters is 4. The average molecular weight is 1550 g/mol. The molecule has 5 atom stereocenters. The van der Waals surface area contributed by atoms with Gasteiger partial charge in [-0.3, -0.25) is 37.3 Å². The molecular weight excluding hydrogens is 1380 g/mol. The number of rotatable bonds is 87. The fourth-order valence-electron chi connectivity index (χ4n) is 13.6. The maximum atomic E-state index is 13.2. The zero-order valence-corrected chi connectivity index (χ0v) is 71.4. The molecule has 17 nitrogen and oxygen atoms in total. The number of carbonyl (C=O) groups is 4. The number of hydrogen-bond acceptors (Lipinski definition) is 15. The van der Waals surface area contributed by atoms with Gasteiger partial charge in [0.15, 0.2) is 12.2 Å². The first-order valence-corrected chi connectivity index (χ1v) is 48.1. The molecule has 106 heavy (non-hydrogen) atoms. The standard InChI is InChI=1S/C87H170O17P2/c1-6-9-12-15-18-21-24-27-29-31-33-34-35-36-38-40-42-47-52-57-62-67-72-86(91)103-82(77-98-85(90)71-66-61-56-51-46-41-39-37-32-30-28-25-22-19-16-13-10-7-2)78-101-105(93,94)99-74-81(88)75-100-106(95,96)102-79-83(76-97-84(89)70-65-60-55-50-45-26-23-20-17-14-11-8-3)104-87(92)73-68-63-58-53-48-43-44-49-54-59-64-69-80(4)5/h80-83,88H,6-79H2,1-5H3,(H,93,94)(H,95,96)/t81-,82-,83-/m1/s1. The van der Waals surface area contributed by atoms with Crippen LogP contribution in [0.3, 0.4) is 0 Å². The van der Waals surface area contributed by atoms with E-state index in [4.69, 9.17) is 37.0 Å². The van der Waals surface area contributed by atoms with Crippen molar-refractivity contribution in [1.82, 2.24) is 0 Å². The van der Waals surface area contributed by atoms with Crippen molar-refractivity contribution in [2.75, 3.05) is 39.6 Å². The Kier molecular flexibility index (Phi) is 78.2. The largest absolute Gasteiger partial charge is 0.472 e. The minimum atomic E-state index is -4.97. The molecule has 0 aliphatic heterocycles. The third-order valence-electron chi connectivity index (χ3n) is 20.5. The first-order chi connectivity index (χ1) is 51.5. The molecule has 0 rings (SSSR count). The average Bonchev–Trinajstić information content (AvgIpc) is 0.901. The third-order valence-corrected chi connectivity index (χ3v) is 22.4. The predicted octanol–water partition coefficient (Wildman–Crippen LogP) is 26.8. The molecule has 0 saturated carbocycles. The summed E-state index contributed by atoms with van der Waals surface area (Å²) in [6.07, 6.45) is 73.6. The number of unbranched alkanes of at least 4 members (excludes halogenated alkanes) is 59. The quantitative estimate of drug-likeness (QED) is 0.0222. The first-order valence-electron chi connectivity index (χ1n) is 45.1. The predicted molar refractivity (Wildman–Crippen MR) is 437 cm³/mol. The summed E-state index contributed by atoms with van der Waals surface area (Å²) in [4.78, 5) is 73.3. The van der Waals surface area contributed by atoms with E-state index in [1.54, 1.807) is 0 Å². The van der Waals surface area contributed by atoms with Crippen LogP contribution in [0.2, 0.25) is 0 Å². The van der Waals surface area contributed by atoms with Gasteiger partial charge in [0, 0.05) is 25.7 Å². The lowest BCUT2D eigenvalue weighted by Crippen LogP contribution is -2.30. The fraction of sp³-hybridized carbons (Fsp3) is 0.954. The van der Waals surface area contributed by atoms with Crippen molar-refractivity contribution < 1.29 is 80.2 Å². The molecule has 0 heterocycles. The molecule has 630 valence electrons. The van der Waals surface area contributed by atoms with Crippen molar-refractivity contribution in [1.29, 1.82) is 0 Å². The molecule has 0 amide bonds. The van der Waals surface area contributed by atoms with E-state index >= 15 is 0 Å². The van der Waals surface area contributed by atoms with Crippen LogP contribution in [0.5, 0.6) is 0 Å². The van der Waals surface area contributed by atoms with Crippen molar-refractivity contribution >= 4 is 39.5 Å². The second kappa shape index (κ2) is 79.7. The van der Waals surface area contributed by atoms with Crippen molar-refractivity contribution in [3.63, 3.8) is 0 Å². The highest BCUT2D eigenvalue weighted by molar-refractivity contribution is 7.47. The van der Waals surface area contributed by atoms with E-state index < -0.39 is 97.5 Å². The van der Waals surface area contributed by atoms with E-state index in [1.165, 1.54) is 295 Å². The molecule has 0 spiro atoms. The maximum Gasteiger partial charge on any atom is 0.472 e. The Morgan fingerprint density at radius 2 is 0.434 bits per heavy atom. The van der Waals surface area contributed by atoms with Gasteiger partial charge in [-0.1, -0.05) is 420 Å². The van der Waals surface area contributed by atoms with Crippen LogP contribution in [-0.4, -0.2) is 96.7 Å². The SMILES string of the molecule is CCCCCCCCCCCCCCCCCCCCCCCCC(=O)O[C@H](COC(=O)CCCCCCCCCCCCCCCCCCCC)COP(=O)(O)OC[C@@H](O)COP(=O)(O)OC[C@@H](COC(=O)CCCCCCCCCCCCCC)OC(=O)CCCCCCCCCCCCCC(C)C. The molecule has 19 heteroatoms. The summed E-state index contributed by atoms with van der Waals surface area (Å²) in [5.41, 5.74) is 0. The number of aliphatic hydroxyl groups is 1. The number of phosphoric ester groups is 2. The molecule has 0 aromatic carbocycles. The molecule has 0 bridgehead atoms. The molecule has 0 aliphatic carbocycles. The Morgan fingerprint density at radius 1 is 0.255 bits per heavy atom. The number of hydrogen-bond donors (Lipinski definition) is 3. The first kappa shape index (κ1) is 104. The van der Waals surface area contributed by atoms with E-state index in [0.29, 0.717) is 25.7 Å². The lowest BCUT2D eigenvalue weighted by molar-refractivity contribution is -0.161. The minimum absolute atomic E-state index is 0.107. The lowest BCUT2D eigenvalue weighted by Gasteiger charge is -2.21. The zero-order valence-electron chi connectivity index (χ0n) is 69.6. The van der Waals surface area contributed by atoms with Crippen LogP contribution in [0.15, 0.2) is 0 Å². The fourth-order valence-corrected chi connectivity index (χ4v) is 15.2. The van der Waals surface area contributed by atoms with Gasteiger partial charge in [0.1, 0.15) is 19.3 Å². The summed E-state index contributed by atoms with van der Waals surface area (Å²) >= 11 is 0. The lowest BCUT2D eigenvalue weighted by atomic mass is 10.0. The summed E-state index contributed by atoms with van der Waals surface area (Å²) in [5.74, 6) is -1.33. The highest BCUT2D eigenvalue weighted by Crippen LogP contribution is 2.45. The van der Waals surface area contributed by atoms with E-state index in [1.807, 2.05) is 0 Å². The molecule has 0 fully saturated rings. The molecule has 0 aromatic rings. The summed E-state index contributed by atoms with van der Waals surface area (Å²) < 4.78 is 68.9. The van der Waals surface area contributed by atoms with Gasteiger partial charge < -0.3 is 33.8 Å². The Balaban J connectivity index is 5.23. The number of ether oxygens (including phenoxy) is 4. The smallest absolute Gasteiger partial charge is 0.462 e. The molecule has 2 unspecified atom stereocenters. The monoisotopic (exact) mass is 1550 g/mol. The Morgan fingerprint density at radius 3 is 0.642 bits per heavy atom. The highest BCUT2D eigenvalue weighted by atomic mass is 31.2. The van der Waals surface area contributed by atoms with Crippen molar-refractivity contribution in [2.24, 2.45) is 5.92 Å². The van der Waals surface area contributed by atoms with E-state index in [0.717, 1.165) is 95.8 Å². The highest BCUT2D eigenvalue weighted by Gasteiger charge is 2.30. The zero-order chi connectivity index (χ0) is 77.6. The summed E-state index contributed by atoms with van der Waals surface area (Å²) in [6.45, 7) is 7.37. The van der Waals surface area contributed by atoms with E-state index in [-0.39, 0.29) is 25.7 Å². The van der Waals surface area contributed by atoms with Gasteiger partial charge in [-0.2, -0.15) is 0 Å². The molecule has 0 aliphatic rings. The summed E-state index contributed by atoms with van der Waals surface area (Å²) in [7, 11) is -9.93. The molecule has 0 aromatic heterocycles. The van der Waals surface area contributed by atoms with Crippen LogP contribution in [0.1, 0.15) is 471 Å². The van der Waals surface area contributed by atoms with Gasteiger partial charge in [-0.15, -0.1) is 0 Å². The summed E-state index contributed by atoms with van der Waals surface area (Å²) in [6, 6.07) is 0. The van der Waals surface area contributed by atoms with Crippen molar-refractivity contribution in [2.45, 2.75) is 490 Å². The maximum absolute atomic E-state index is 13.2. The van der Waals surface area contributed by atoms with Crippen LogP contribution in [0.4, 0.5) is 0 Å². The second-order valence-electron chi connectivity index (χ2n) is 31.8. The number of aliphatic hydroxyl groups excluding tert-OH is 1. The van der Waals surface area contributed by atoms with Crippen LogP contribution >= 0.6 is 15.6 Å². The van der Waals surface area contributed by atoms with Crippen LogP contribution in [0, 0.1) is 5.92 Å². The van der Waals surface area contributed by atoms with Gasteiger partial charge in [-0.05, 0) is 31.6 Å². The summed E-state index contributed by atoms with van der Waals surface area (Å²) in [5, 5.41) is 10.7. The topological polar surface area (TPSA) is 237 Å². The van der Waals surface area contributed by atoms with Crippen LogP contribution in [0.25, 0.3) is 0 Å². The van der Waals surface area contributed by atoms with Crippen LogP contribution in [-0.2, 0) is 65.4 Å². The molecule has 0 radical (unpaired) electrons. The molecular formula is C87H170O17P2. The van der Waals surface area contributed by atoms with Crippen molar-refractivity contribution in [3.05, 3.63) is 0 Å². The second-order valence-corrected chi connectivity index (χ2v) is 34.7. The number of carbonyl (C=O) groups excluding carboxylic acids is 4. The molecule has 3 N–H and O–H groups in total. The van der Waals surface area contributed by atoms with Gasteiger partial charge in [0.05, 0.1) is 26.4 Å². The minimum Gasteiger partial charge on any atom is -0.462 e.